The summed E-state index contributed by atoms with van der Waals surface area (Å²) in [6.07, 6.45) is 1.88. The Morgan fingerprint density at radius 2 is 2.16 bits per heavy atom. The number of nitrogens with zero attached hydrogens (tertiary/aromatic N) is 1. The van der Waals surface area contributed by atoms with Gasteiger partial charge in [-0.25, -0.2) is 0 Å². The van der Waals surface area contributed by atoms with Gasteiger partial charge in [-0.15, -0.1) is 0 Å². The Kier molecular flexibility index (Phi) is 4.48. The molecule has 2 rings (SSSR count). The summed E-state index contributed by atoms with van der Waals surface area (Å²) in [5, 5.41) is 9.89. The fourth-order valence-corrected chi connectivity index (χ4v) is 2.56. The third kappa shape index (κ3) is 4.22. The second-order valence-corrected chi connectivity index (χ2v) is 5.99. The molecule has 1 heterocycles. The van der Waals surface area contributed by atoms with Crippen LogP contribution in [0.1, 0.15) is 30.9 Å². The second-order valence-electron chi connectivity index (χ2n) is 5.99. The minimum atomic E-state index is -0.492. The van der Waals surface area contributed by atoms with Crippen molar-refractivity contribution in [3.63, 3.8) is 0 Å². The van der Waals surface area contributed by atoms with Crippen molar-refractivity contribution >= 4 is 0 Å². The van der Waals surface area contributed by atoms with Crippen molar-refractivity contribution in [2.75, 3.05) is 26.2 Å². The van der Waals surface area contributed by atoms with E-state index in [1.165, 1.54) is 11.1 Å². The number of aryl methyl sites for hydroxylation is 2. The molecule has 1 saturated heterocycles. The maximum Gasteiger partial charge on any atom is 0.122 e. The Morgan fingerprint density at radius 3 is 2.84 bits per heavy atom. The first-order valence-electron chi connectivity index (χ1n) is 7.11. The van der Waals surface area contributed by atoms with Crippen LogP contribution >= 0.6 is 0 Å². The first kappa shape index (κ1) is 14.4. The van der Waals surface area contributed by atoms with E-state index in [-0.39, 0.29) is 0 Å². The highest BCUT2D eigenvalue weighted by atomic mass is 16.5. The normalized spacial score (nSPS) is 23.8. The molecule has 0 spiro atoms. The average Bonchev–Trinajstić information content (AvgIpc) is 2.69. The molecule has 0 saturated carbocycles. The summed E-state index contributed by atoms with van der Waals surface area (Å²) in [5.41, 5.74) is 1.93. The molecule has 3 nitrogen and oxygen atoms in total. The van der Waals surface area contributed by atoms with Crippen LogP contribution in [0, 0.1) is 13.8 Å². The lowest BCUT2D eigenvalue weighted by atomic mass is 10.1. The average molecular weight is 263 g/mol. The number of aliphatic hydroxyl groups is 1. The summed E-state index contributed by atoms with van der Waals surface area (Å²) in [6.45, 7) is 9.60. The van der Waals surface area contributed by atoms with Crippen LogP contribution in [-0.2, 0) is 0 Å². The molecule has 0 aromatic heterocycles. The fraction of sp³-hybridized carbons (Fsp3) is 0.625. The highest BCUT2D eigenvalue weighted by molar-refractivity contribution is 5.35. The Hall–Kier alpha value is -1.06. The summed E-state index contributed by atoms with van der Waals surface area (Å²) in [4.78, 5) is 2.31. The van der Waals surface area contributed by atoms with Gasteiger partial charge in [0.15, 0.2) is 0 Å². The Bertz CT molecular complexity index is 429. The van der Waals surface area contributed by atoms with Crippen molar-refractivity contribution in [2.45, 2.75) is 39.2 Å². The lowest BCUT2D eigenvalue weighted by molar-refractivity contribution is 0.0681. The van der Waals surface area contributed by atoms with E-state index in [2.05, 4.69) is 36.9 Å². The predicted octanol–water partition coefficient (Wildman–Crippen LogP) is 2.53. The van der Waals surface area contributed by atoms with E-state index in [0.29, 0.717) is 0 Å². The topological polar surface area (TPSA) is 32.7 Å². The Morgan fingerprint density at radius 1 is 1.37 bits per heavy atom. The van der Waals surface area contributed by atoms with Gasteiger partial charge in [0.1, 0.15) is 5.75 Å². The largest absolute Gasteiger partial charge is 0.493 e. The van der Waals surface area contributed by atoms with Crippen LogP contribution < -0.4 is 4.74 Å². The molecule has 1 aliphatic rings. The van der Waals surface area contributed by atoms with Gasteiger partial charge in [0.05, 0.1) is 12.2 Å². The molecule has 106 valence electrons. The second kappa shape index (κ2) is 5.93. The minimum absolute atomic E-state index is 0.492. The SMILES string of the molecule is Cc1ccc(C)c(OCCCN2CCC(C)(O)C2)c1. The van der Waals surface area contributed by atoms with Crippen molar-refractivity contribution in [2.24, 2.45) is 0 Å². The van der Waals surface area contributed by atoms with Gasteiger partial charge in [0.2, 0.25) is 0 Å². The summed E-state index contributed by atoms with van der Waals surface area (Å²) < 4.78 is 5.84. The highest BCUT2D eigenvalue weighted by Gasteiger charge is 2.30. The fourth-order valence-electron chi connectivity index (χ4n) is 2.56. The van der Waals surface area contributed by atoms with Gasteiger partial charge in [0.25, 0.3) is 0 Å². The molecule has 1 unspecified atom stereocenters. The molecule has 1 aliphatic heterocycles. The summed E-state index contributed by atoms with van der Waals surface area (Å²) in [6, 6.07) is 6.30. The third-order valence-corrected chi connectivity index (χ3v) is 3.75. The molecule has 1 aromatic rings. The van der Waals surface area contributed by atoms with Crippen molar-refractivity contribution in [1.29, 1.82) is 0 Å². The van der Waals surface area contributed by atoms with Crippen LogP contribution in [0.3, 0.4) is 0 Å². The third-order valence-electron chi connectivity index (χ3n) is 3.75. The van der Waals surface area contributed by atoms with Crippen LogP contribution in [0.5, 0.6) is 5.75 Å². The first-order chi connectivity index (χ1) is 8.96. The molecule has 3 heteroatoms. The van der Waals surface area contributed by atoms with Crippen molar-refractivity contribution in [1.82, 2.24) is 4.90 Å². The molecule has 0 aliphatic carbocycles. The number of hydrogen-bond donors (Lipinski definition) is 1. The zero-order valence-corrected chi connectivity index (χ0v) is 12.3. The molecule has 1 aromatic carbocycles. The van der Waals surface area contributed by atoms with E-state index in [0.717, 1.165) is 44.8 Å². The smallest absolute Gasteiger partial charge is 0.122 e. The number of ether oxygens (including phenoxy) is 1. The molecule has 1 atom stereocenters. The summed E-state index contributed by atoms with van der Waals surface area (Å²) in [7, 11) is 0. The summed E-state index contributed by atoms with van der Waals surface area (Å²) in [5.74, 6) is 0.994. The van der Waals surface area contributed by atoms with Gasteiger partial charge in [-0.1, -0.05) is 12.1 Å². The standard InChI is InChI=1S/C16H25NO2/c1-13-5-6-14(2)15(11-13)19-10-4-8-17-9-7-16(3,18)12-17/h5-6,11,18H,4,7-10,12H2,1-3H3. The van der Waals surface area contributed by atoms with E-state index in [9.17, 15) is 5.11 Å². The quantitative estimate of drug-likeness (QED) is 0.829. The van der Waals surface area contributed by atoms with Crippen LogP contribution in [0.15, 0.2) is 18.2 Å². The summed E-state index contributed by atoms with van der Waals surface area (Å²) >= 11 is 0. The zero-order valence-electron chi connectivity index (χ0n) is 12.3. The van der Waals surface area contributed by atoms with Gasteiger partial charge in [-0.3, -0.25) is 0 Å². The number of benzene rings is 1. The number of rotatable bonds is 5. The van der Waals surface area contributed by atoms with Crippen LogP contribution in [-0.4, -0.2) is 41.8 Å². The van der Waals surface area contributed by atoms with E-state index >= 15 is 0 Å². The van der Waals surface area contributed by atoms with Crippen molar-refractivity contribution < 1.29 is 9.84 Å². The Labute approximate surface area is 116 Å². The van der Waals surface area contributed by atoms with Crippen molar-refractivity contribution in [3.05, 3.63) is 29.3 Å². The first-order valence-corrected chi connectivity index (χ1v) is 7.11. The monoisotopic (exact) mass is 263 g/mol. The van der Waals surface area contributed by atoms with Gasteiger partial charge in [-0.2, -0.15) is 0 Å². The number of β-amino-alcohol motifs (C(OH)–C–C–N with tert-alkyl or cyclic N) is 1. The van der Waals surface area contributed by atoms with E-state index in [1.807, 2.05) is 6.92 Å². The van der Waals surface area contributed by atoms with E-state index in [4.69, 9.17) is 4.74 Å². The number of hydrogen-bond acceptors (Lipinski definition) is 3. The molecule has 0 radical (unpaired) electrons. The van der Waals surface area contributed by atoms with Crippen LogP contribution in [0.4, 0.5) is 0 Å². The predicted molar refractivity (Wildman–Crippen MR) is 77.7 cm³/mol. The zero-order chi connectivity index (χ0) is 13.9. The number of likely N-dealkylation sites (tertiary alicyclic amines) is 1. The van der Waals surface area contributed by atoms with Crippen LogP contribution in [0.25, 0.3) is 0 Å². The van der Waals surface area contributed by atoms with E-state index in [1.54, 1.807) is 0 Å². The van der Waals surface area contributed by atoms with Gasteiger partial charge in [0, 0.05) is 19.6 Å². The molecule has 1 N–H and O–H groups in total. The van der Waals surface area contributed by atoms with Gasteiger partial charge in [-0.05, 0) is 50.8 Å². The minimum Gasteiger partial charge on any atom is -0.493 e. The maximum atomic E-state index is 9.89. The van der Waals surface area contributed by atoms with E-state index < -0.39 is 5.60 Å². The Balaban J connectivity index is 1.71. The lowest BCUT2D eigenvalue weighted by Crippen LogP contribution is -2.30. The maximum absolute atomic E-state index is 9.89. The van der Waals surface area contributed by atoms with Crippen LogP contribution in [0.2, 0.25) is 0 Å². The molecule has 19 heavy (non-hydrogen) atoms. The molecule has 1 fully saturated rings. The highest BCUT2D eigenvalue weighted by Crippen LogP contribution is 2.21. The lowest BCUT2D eigenvalue weighted by Gasteiger charge is -2.18. The molecular weight excluding hydrogens is 238 g/mol. The van der Waals surface area contributed by atoms with Crippen molar-refractivity contribution in [3.8, 4) is 5.75 Å². The van der Waals surface area contributed by atoms with Gasteiger partial charge >= 0.3 is 0 Å². The molecule has 0 bridgehead atoms. The van der Waals surface area contributed by atoms with Gasteiger partial charge < -0.3 is 14.7 Å². The molecular formula is C16H25NO2. The molecule has 0 amide bonds.